The second kappa shape index (κ2) is 5.85. The Bertz CT molecular complexity index is 927. The number of hydrogen-bond donors (Lipinski definition) is 1. The Labute approximate surface area is 136 Å². The predicted molar refractivity (Wildman–Crippen MR) is 85.2 cm³/mol. The van der Waals surface area contributed by atoms with Crippen molar-refractivity contribution in [1.29, 1.82) is 0 Å². The highest BCUT2D eigenvalue weighted by Gasteiger charge is 2.16. The number of rotatable bonds is 2. The van der Waals surface area contributed by atoms with E-state index in [0.717, 1.165) is 6.07 Å². The van der Waals surface area contributed by atoms with Crippen molar-refractivity contribution in [3.63, 3.8) is 0 Å². The maximum absolute atomic E-state index is 13.6. The number of fused-ring (bicyclic) bond motifs is 1. The molecule has 0 unspecified atom stereocenters. The van der Waals surface area contributed by atoms with Crippen LogP contribution in [0.1, 0.15) is 10.4 Å². The van der Waals surface area contributed by atoms with Crippen LogP contribution in [0.15, 0.2) is 42.6 Å². The molecule has 0 bridgehead atoms. The zero-order valence-corrected chi connectivity index (χ0v) is 12.8. The summed E-state index contributed by atoms with van der Waals surface area (Å²) in [4.78, 5) is 15.9. The number of nitrogens with zero attached hydrogens (tertiary/aromatic N) is 1. The Morgan fingerprint density at radius 2 is 2.04 bits per heavy atom. The van der Waals surface area contributed by atoms with Gasteiger partial charge in [0.2, 0.25) is 0 Å². The zero-order valence-electron chi connectivity index (χ0n) is 12.0. The molecule has 0 aliphatic rings. The van der Waals surface area contributed by atoms with Gasteiger partial charge in [0.25, 0.3) is 0 Å². The molecule has 0 amide bonds. The van der Waals surface area contributed by atoms with Gasteiger partial charge in [0.05, 0.1) is 23.4 Å². The summed E-state index contributed by atoms with van der Waals surface area (Å²) in [7, 11) is 1.28. The van der Waals surface area contributed by atoms with Crippen LogP contribution < -0.4 is 0 Å². The molecule has 23 heavy (non-hydrogen) atoms. The van der Waals surface area contributed by atoms with E-state index in [-0.39, 0.29) is 5.56 Å². The van der Waals surface area contributed by atoms with Gasteiger partial charge in [-0.15, -0.1) is 0 Å². The molecule has 0 spiro atoms. The van der Waals surface area contributed by atoms with Gasteiger partial charge < -0.3 is 9.84 Å². The third-order valence-corrected chi connectivity index (χ3v) is 3.80. The van der Waals surface area contributed by atoms with Crippen LogP contribution in [0, 0.1) is 5.82 Å². The number of hydrogen-bond acceptors (Lipinski definition) is 4. The number of para-hydroxylation sites is 1. The minimum Gasteiger partial charge on any atom is -0.504 e. The van der Waals surface area contributed by atoms with Crippen molar-refractivity contribution in [2.24, 2.45) is 0 Å². The van der Waals surface area contributed by atoms with Crippen molar-refractivity contribution >= 4 is 28.3 Å². The summed E-state index contributed by atoms with van der Waals surface area (Å²) >= 11 is 6.14. The molecule has 3 rings (SSSR count). The van der Waals surface area contributed by atoms with E-state index in [1.54, 1.807) is 24.3 Å². The van der Waals surface area contributed by atoms with Gasteiger partial charge in [-0.25, -0.2) is 9.18 Å². The fourth-order valence-electron chi connectivity index (χ4n) is 2.37. The molecule has 1 N–H and O–H groups in total. The van der Waals surface area contributed by atoms with Crippen LogP contribution in [0.25, 0.3) is 22.0 Å². The molecule has 3 aromatic rings. The second-order valence-corrected chi connectivity index (χ2v) is 5.25. The number of phenolic OH excluding ortho intramolecular Hbond substituents is 1. The Morgan fingerprint density at radius 1 is 1.26 bits per heavy atom. The van der Waals surface area contributed by atoms with Crippen LogP contribution in [-0.2, 0) is 4.74 Å². The van der Waals surface area contributed by atoms with Crippen LogP contribution in [0.2, 0.25) is 5.02 Å². The molecule has 0 atom stereocenters. The Morgan fingerprint density at radius 3 is 2.78 bits per heavy atom. The van der Waals surface area contributed by atoms with E-state index in [9.17, 15) is 14.3 Å². The van der Waals surface area contributed by atoms with Crippen LogP contribution in [0.3, 0.4) is 0 Å². The van der Waals surface area contributed by atoms with Gasteiger partial charge in [0, 0.05) is 22.5 Å². The molecule has 0 saturated heterocycles. The van der Waals surface area contributed by atoms with Gasteiger partial charge in [0.1, 0.15) is 0 Å². The lowest BCUT2D eigenvalue weighted by atomic mass is 10.0. The van der Waals surface area contributed by atoms with Gasteiger partial charge in [-0.1, -0.05) is 23.7 Å². The van der Waals surface area contributed by atoms with Gasteiger partial charge in [-0.05, 0) is 24.3 Å². The molecular weight excluding hydrogens is 321 g/mol. The lowest BCUT2D eigenvalue weighted by Crippen LogP contribution is -2.01. The molecule has 1 aromatic heterocycles. The van der Waals surface area contributed by atoms with E-state index in [2.05, 4.69) is 4.98 Å². The first-order valence-electron chi connectivity index (χ1n) is 6.67. The Kier molecular flexibility index (Phi) is 3.88. The number of ether oxygens (including phenoxy) is 1. The normalized spacial score (nSPS) is 10.7. The largest absolute Gasteiger partial charge is 0.504 e. The van der Waals surface area contributed by atoms with E-state index in [1.807, 2.05) is 0 Å². The Balaban J connectivity index is 2.34. The molecule has 0 fully saturated rings. The molecule has 116 valence electrons. The average molecular weight is 332 g/mol. The number of aromatic nitrogens is 1. The maximum Gasteiger partial charge on any atom is 0.337 e. The van der Waals surface area contributed by atoms with E-state index >= 15 is 0 Å². The average Bonchev–Trinajstić information content (AvgIpc) is 2.57. The van der Waals surface area contributed by atoms with Gasteiger partial charge in [-0.2, -0.15) is 0 Å². The molecular formula is C17H11ClFNO3. The van der Waals surface area contributed by atoms with E-state index in [1.165, 1.54) is 19.4 Å². The number of halogens is 2. The number of methoxy groups -OCH3 is 1. The number of aromatic hydroxyl groups is 1. The summed E-state index contributed by atoms with van der Waals surface area (Å²) in [6, 6.07) is 8.95. The van der Waals surface area contributed by atoms with Crippen molar-refractivity contribution in [1.82, 2.24) is 4.98 Å². The first kappa shape index (κ1) is 15.2. The standard InChI is InChI=1S/C17H11ClFNO3/c1-23-17(22)9-5-6-10-12(7-9)15(20-8-13(10)18)11-3-2-4-14(19)16(11)21/h2-8,21H,1H3. The first-order valence-corrected chi connectivity index (χ1v) is 7.05. The number of carbonyl (C=O) groups is 1. The van der Waals surface area contributed by atoms with Crippen molar-refractivity contribution in [2.75, 3.05) is 7.11 Å². The highest BCUT2D eigenvalue weighted by atomic mass is 35.5. The summed E-state index contributed by atoms with van der Waals surface area (Å²) in [6.07, 6.45) is 1.42. The summed E-state index contributed by atoms with van der Waals surface area (Å²) in [6.45, 7) is 0. The molecule has 0 aliphatic heterocycles. The smallest absolute Gasteiger partial charge is 0.337 e. The number of esters is 1. The number of carbonyl (C=O) groups excluding carboxylic acids is 1. The lowest BCUT2D eigenvalue weighted by molar-refractivity contribution is 0.0601. The number of phenols is 1. The molecule has 0 saturated carbocycles. The van der Waals surface area contributed by atoms with Crippen molar-refractivity contribution in [3.8, 4) is 17.0 Å². The number of benzene rings is 2. The van der Waals surface area contributed by atoms with E-state index in [4.69, 9.17) is 16.3 Å². The van der Waals surface area contributed by atoms with Crippen LogP contribution >= 0.6 is 11.6 Å². The lowest BCUT2D eigenvalue weighted by Gasteiger charge is -2.10. The topological polar surface area (TPSA) is 59.4 Å². The second-order valence-electron chi connectivity index (χ2n) is 4.84. The summed E-state index contributed by atoms with van der Waals surface area (Å²) in [5.41, 5.74) is 0.849. The minimum absolute atomic E-state index is 0.216. The minimum atomic E-state index is -0.753. The Hall–Kier alpha value is -2.66. The molecule has 4 nitrogen and oxygen atoms in total. The van der Waals surface area contributed by atoms with Crippen LogP contribution in [0.5, 0.6) is 5.75 Å². The van der Waals surface area contributed by atoms with Crippen LogP contribution in [-0.4, -0.2) is 23.2 Å². The maximum atomic E-state index is 13.6. The predicted octanol–water partition coefficient (Wildman–Crippen LogP) is 4.19. The van der Waals surface area contributed by atoms with Crippen molar-refractivity contribution in [2.45, 2.75) is 0 Å². The SMILES string of the molecule is COC(=O)c1ccc2c(Cl)cnc(-c3cccc(F)c3O)c2c1. The first-order chi connectivity index (χ1) is 11.0. The quantitative estimate of drug-likeness (QED) is 0.715. The summed E-state index contributed by atoms with van der Waals surface area (Å²) in [5.74, 6) is -1.77. The molecule has 2 aromatic carbocycles. The molecule has 0 radical (unpaired) electrons. The molecule has 1 heterocycles. The fourth-order valence-corrected chi connectivity index (χ4v) is 2.59. The highest BCUT2D eigenvalue weighted by Crippen LogP contribution is 2.36. The highest BCUT2D eigenvalue weighted by molar-refractivity contribution is 6.35. The van der Waals surface area contributed by atoms with Crippen LogP contribution in [0.4, 0.5) is 4.39 Å². The number of pyridine rings is 1. The van der Waals surface area contributed by atoms with Crippen molar-refractivity contribution in [3.05, 3.63) is 59.0 Å². The van der Waals surface area contributed by atoms with Gasteiger partial charge in [0.15, 0.2) is 11.6 Å². The molecule has 6 heteroatoms. The monoisotopic (exact) mass is 331 g/mol. The summed E-state index contributed by atoms with van der Waals surface area (Å²) < 4.78 is 18.3. The van der Waals surface area contributed by atoms with E-state index in [0.29, 0.717) is 27.1 Å². The van der Waals surface area contributed by atoms with Gasteiger partial charge in [-0.3, -0.25) is 4.98 Å². The third-order valence-electron chi connectivity index (χ3n) is 3.50. The van der Waals surface area contributed by atoms with Gasteiger partial charge >= 0.3 is 5.97 Å². The van der Waals surface area contributed by atoms with E-state index < -0.39 is 17.5 Å². The van der Waals surface area contributed by atoms with Crippen molar-refractivity contribution < 1.29 is 19.0 Å². The fraction of sp³-hybridized carbons (Fsp3) is 0.0588. The zero-order chi connectivity index (χ0) is 16.6. The molecule has 0 aliphatic carbocycles. The summed E-state index contributed by atoms with van der Waals surface area (Å²) in [5, 5.41) is 11.5. The third kappa shape index (κ3) is 2.59.